The van der Waals surface area contributed by atoms with Crippen molar-refractivity contribution < 1.29 is 4.79 Å². The van der Waals surface area contributed by atoms with Crippen LogP contribution in [0, 0.1) is 0 Å². The van der Waals surface area contributed by atoms with Gasteiger partial charge in [0.1, 0.15) is 5.69 Å². The number of carbonyl (C=O) groups is 1. The molecule has 1 aliphatic rings. The SMILES string of the molecule is O=C(NC1CCCCC1)c1cc(-c2ccccc2)n[nH]1. The van der Waals surface area contributed by atoms with Crippen LogP contribution < -0.4 is 5.32 Å². The fraction of sp³-hybridized carbons (Fsp3) is 0.375. The summed E-state index contributed by atoms with van der Waals surface area (Å²) in [4.78, 5) is 12.2. The lowest BCUT2D eigenvalue weighted by Crippen LogP contribution is -2.36. The summed E-state index contributed by atoms with van der Waals surface area (Å²) in [6.07, 6.45) is 5.89. The number of aromatic amines is 1. The number of hydrogen-bond donors (Lipinski definition) is 2. The monoisotopic (exact) mass is 269 g/mol. The second-order valence-electron chi connectivity index (χ2n) is 5.34. The van der Waals surface area contributed by atoms with Crippen LogP contribution in [0.15, 0.2) is 36.4 Å². The molecule has 1 amide bonds. The molecule has 0 bridgehead atoms. The molecule has 0 saturated heterocycles. The normalized spacial score (nSPS) is 16.0. The summed E-state index contributed by atoms with van der Waals surface area (Å²) in [5, 5.41) is 10.1. The number of H-pyrrole nitrogens is 1. The van der Waals surface area contributed by atoms with E-state index in [2.05, 4.69) is 15.5 Å². The molecule has 4 nitrogen and oxygen atoms in total. The van der Waals surface area contributed by atoms with E-state index in [-0.39, 0.29) is 5.91 Å². The van der Waals surface area contributed by atoms with Crippen LogP contribution in [0.1, 0.15) is 42.6 Å². The van der Waals surface area contributed by atoms with Crippen LogP contribution in [0.25, 0.3) is 11.3 Å². The van der Waals surface area contributed by atoms with Gasteiger partial charge in [0.2, 0.25) is 0 Å². The Balaban J connectivity index is 1.68. The summed E-state index contributed by atoms with van der Waals surface area (Å²) in [7, 11) is 0. The van der Waals surface area contributed by atoms with Crippen molar-refractivity contribution in [1.82, 2.24) is 15.5 Å². The first-order valence-electron chi connectivity index (χ1n) is 7.24. The van der Waals surface area contributed by atoms with E-state index >= 15 is 0 Å². The molecule has 3 rings (SSSR count). The Kier molecular flexibility index (Phi) is 3.81. The van der Waals surface area contributed by atoms with E-state index in [0.717, 1.165) is 24.1 Å². The Morgan fingerprint density at radius 1 is 1.15 bits per heavy atom. The second kappa shape index (κ2) is 5.90. The van der Waals surface area contributed by atoms with E-state index in [9.17, 15) is 4.79 Å². The number of rotatable bonds is 3. The van der Waals surface area contributed by atoms with Crippen molar-refractivity contribution in [1.29, 1.82) is 0 Å². The first kappa shape index (κ1) is 12.9. The molecule has 4 heteroatoms. The molecular formula is C16H19N3O. The van der Waals surface area contributed by atoms with Gasteiger partial charge in [-0.05, 0) is 18.9 Å². The fourth-order valence-corrected chi connectivity index (χ4v) is 2.70. The quantitative estimate of drug-likeness (QED) is 0.899. The van der Waals surface area contributed by atoms with Crippen LogP contribution in [-0.4, -0.2) is 22.1 Å². The maximum Gasteiger partial charge on any atom is 0.269 e. The van der Waals surface area contributed by atoms with Crippen LogP contribution in [0.5, 0.6) is 0 Å². The van der Waals surface area contributed by atoms with E-state index in [1.807, 2.05) is 36.4 Å². The summed E-state index contributed by atoms with van der Waals surface area (Å²) in [5.74, 6) is -0.0495. The van der Waals surface area contributed by atoms with Gasteiger partial charge in [-0.2, -0.15) is 5.10 Å². The third kappa shape index (κ3) is 2.90. The zero-order valence-electron chi connectivity index (χ0n) is 11.4. The van der Waals surface area contributed by atoms with E-state index < -0.39 is 0 Å². The Hall–Kier alpha value is -2.10. The minimum atomic E-state index is -0.0495. The van der Waals surface area contributed by atoms with E-state index in [1.165, 1.54) is 19.3 Å². The minimum absolute atomic E-state index is 0.0495. The molecule has 0 spiro atoms. The predicted octanol–water partition coefficient (Wildman–Crippen LogP) is 3.14. The van der Waals surface area contributed by atoms with Gasteiger partial charge in [-0.3, -0.25) is 9.89 Å². The van der Waals surface area contributed by atoms with Crippen molar-refractivity contribution >= 4 is 5.91 Å². The molecule has 0 aliphatic heterocycles. The smallest absolute Gasteiger partial charge is 0.269 e. The first-order valence-corrected chi connectivity index (χ1v) is 7.24. The van der Waals surface area contributed by atoms with Gasteiger partial charge in [0.05, 0.1) is 5.69 Å². The summed E-state index contributed by atoms with van der Waals surface area (Å²) < 4.78 is 0. The van der Waals surface area contributed by atoms with Crippen LogP contribution in [0.2, 0.25) is 0 Å². The van der Waals surface area contributed by atoms with Crippen molar-refractivity contribution in [2.45, 2.75) is 38.1 Å². The molecule has 2 N–H and O–H groups in total. The molecule has 0 atom stereocenters. The zero-order valence-corrected chi connectivity index (χ0v) is 11.4. The number of carbonyl (C=O) groups excluding carboxylic acids is 1. The van der Waals surface area contributed by atoms with Gasteiger partial charge < -0.3 is 5.32 Å². The average Bonchev–Trinajstić information content (AvgIpc) is 2.99. The number of benzene rings is 1. The third-order valence-electron chi connectivity index (χ3n) is 3.83. The Morgan fingerprint density at radius 2 is 1.90 bits per heavy atom. The highest BCUT2D eigenvalue weighted by Crippen LogP contribution is 2.19. The molecule has 0 unspecified atom stereocenters. The number of aromatic nitrogens is 2. The van der Waals surface area contributed by atoms with Gasteiger partial charge in [-0.15, -0.1) is 0 Å². The van der Waals surface area contributed by atoms with Crippen LogP contribution in [-0.2, 0) is 0 Å². The Labute approximate surface area is 118 Å². The van der Waals surface area contributed by atoms with E-state index in [0.29, 0.717) is 11.7 Å². The molecule has 1 heterocycles. The Morgan fingerprint density at radius 3 is 2.65 bits per heavy atom. The highest BCUT2D eigenvalue weighted by atomic mass is 16.2. The van der Waals surface area contributed by atoms with Crippen molar-refractivity contribution in [2.75, 3.05) is 0 Å². The van der Waals surface area contributed by atoms with E-state index in [4.69, 9.17) is 0 Å². The first-order chi connectivity index (χ1) is 9.83. The lowest BCUT2D eigenvalue weighted by Gasteiger charge is -2.22. The zero-order chi connectivity index (χ0) is 13.8. The highest BCUT2D eigenvalue weighted by molar-refractivity contribution is 5.93. The lowest BCUT2D eigenvalue weighted by atomic mass is 9.95. The molecule has 1 aliphatic carbocycles. The molecule has 1 aromatic heterocycles. The summed E-state index contributed by atoms with van der Waals surface area (Å²) in [5.41, 5.74) is 2.36. The van der Waals surface area contributed by atoms with Crippen LogP contribution in [0.3, 0.4) is 0 Å². The van der Waals surface area contributed by atoms with Gasteiger partial charge in [-0.1, -0.05) is 49.6 Å². The predicted molar refractivity (Wildman–Crippen MR) is 78.4 cm³/mol. The largest absolute Gasteiger partial charge is 0.348 e. The minimum Gasteiger partial charge on any atom is -0.348 e. The van der Waals surface area contributed by atoms with Crippen LogP contribution >= 0.6 is 0 Å². The molecule has 2 aromatic rings. The average molecular weight is 269 g/mol. The summed E-state index contributed by atoms with van der Waals surface area (Å²) in [6, 6.07) is 12.0. The highest BCUT2D eigenvalue weighted by Gasteiger charge is 2.18. The molecule has 1 saturated carbocycles. The number of nitrogens with one attached hydrogen (secondary N) is 2. The molecule has 0 radical (unpaired) electrons. The van der Waals surface area contributed by atoms with Crippen molar-refractivity contribution in [3.05, 3.63) is 42.1 Å². The van der Waals surface area contributed by atoms with Crippen molar-refractivity contribution in [2.24, 2.45) is 0 Å². The van der Waals surface area contributed by atoms with Crippen molar-refractivity contribution in [3.8, 4) is 11.3 Å². The topological polar surface area (TPSA) is 57.8 Å². The maximum atomic E-state index is 12.2. The molecule has 20 heavy (non-hydrogen) atoms. The van der Waals surface area contributed by atoms with Gasteiger partial charge >= 0.3 is 0 Å². The maximum absolute atomic E-state index is 12.2. The molecule has 1 fully saturated rings. The standard InChI is InChI=1S/C16H19N3O/c20-16(17-13-9-5-2-6-10-13)15-11-14(18-19-15)12-7-3-1-4-8-12/h1,3-4,7-8,11,13H,2,5-6,9-10H2,(H,17,20)(H,18,19). The third-order valence-corrected chi connectivity index (χ3v) is 3.83. The van der Waals surface area contributed by atoms with E-state index in [1.54, 1.807) is 0 Å². The van der Waals surface area contributed by atoms with Gasteiger partial charge in [0.15, 0.2) is 0 Å². The number of hydrogen-bond acceptors (Lipinski definition) is 2. The van der Waals surface area contributed by atoms with Gasteiger partial charge in [0, 0.05) is 11.6 Å². The lowest BCUT2D eigenvalue weighted by molar-refractivity contribution is 0.0922. The van der Waals surface area contributed by atoms with Crippen LogP contribution in [0.4, 0.5) is 0 Å². The van der Waals surface area contributed by atoms with Crippen molar-refractivity contribution in [3.63, 3.8) is 0 Å². The summed E-state index contributed by atoms with van der Waals surface area (Å²) >= 11 is 0. The van der Waals surface area contributed by atoms with Gasteiger partial charge in [0.25, 0.3) is 5.91 Å². The molecular weight excluding hydrogens is 250 g/mol. The number of nitrogens with zero attached hydrogens (tertiary/aromatic N) is 1. The number of amides is 1. The fourth-order valence-electron chi connectivity index (χ4n) is 2.70. The van der Waals surface area contributed by atoms with Gasteiger partial charge in [-0.25, -0.2) is 0 Å². The molecule has 104 valence electrons. The second-order valence-corrected chi connectivity index (χ2v) is 5.34. The Bertz CT molecular complexity index is 570. The summed E-state index contributed by atoms with van der Waals surface area (Å²) in [6.45, 7) is 0. The molecule has 1 aromatic carbocycles.